The van der Waals surface area contributed by atoms with Crippen molar-refractivity contribution in [2.45, 2.75) is 51.6 Å². The minimum absolute atomic E-state index is 0.0847. The number of anilines is 2. The summed E-state index contributed by atoms with van der Waals surface area (Å²) in [6, 6.07) is 12.3. The Labute approximate surface area is 201 Å². The van der Waals surface area contributed by atoms with Crippen LogP contribution in [0, 0.1) is 5.92 Å². The Bertz CT molecular complexity index is 979. The number of carbonyl (C=O) groups excluding carboxylic acids is 2. The lowest BCUT2D eigenvalue weighted by Gasteiger charge is -2.27. The molecule has 0 atom stereocenters. The molecule has 1 fully saturated rings. The molecule has 0 aliphatic heterocycles. The van der Waals surface area contributed by atoms with Crippen LogP contribution in [0.4, 0.5) is 11.4 Å². The zero-order valence-corrected chi connectivity index (χ0v) is 19.7. The van der Waals surface area contributed by atoms with Crippen LogP contribution in [0.1, 0.15) is 50.2 Å². The van der Waals surface area contributed by atoms with E-state index in [4.69, 9.17) is 25.7 Å². The number of benzene rings is 2. The average molecular weight is 467 g/mol. The van der Waals surface area contributed by atoms with Gasteiger partial charge in [0.25, 0.3) is 0 Å². The third-order valence-electron chi connectivity index (χ3n) is 5.86. The van der Waals surface area contributed by atoms with Gasteiger partial charge in [0.15, 0.2) is 0 Å². The van der Waals surface area contributed by atoms with Crippen LogP contribution in [0.25, 0.3) is 6.08 Å². The van der Waals surface area contributed by atoms with Crippen molar-refractivity contribution < 1.29 is 23.8 Å². The van der Waals surface area contributed by atoms with Crippen molar-refractivity contribution in [1.29, 1.82) is 0 Å². The lowest BCUT2D eigenvalue weighted by atomic mass is 9.87. The molecule has 0 aromatic heterocycles. The van der Waals surface area contributed by atoms with E-state index in [-0.39, 0.29) is 24.6 Å². The van der Waals surface area contributed by atoms with Gasteiger partial charge in [0.2, 0.25) is 0 Å². The normalized spacial score (nSPS) is 18.0. The molecule has 0 radical (unpaired) electrons. The van der Waals surface area contributed by atoms with E-state index < -0.39 is 5.97 Å². The van der Waals surface area contributed by atoms with Gasteiger partial charge in [0.05, 0.1) is 18.6 Å². The first-order chi connectivity index (χ1) is 16.4. The first-order valence-electron chi connectivity index (χ1n) is 11.9. The zero-order chi connectivity index (χ0) is 24.3. The molecule has 1 saturated carbocycles. The number of hydrogen-bond donors (Lipinski definition) is 2. The predicted octanol–water partition coefficient (Wildman–Crippen LogP) is 4.54. The van der Waals surface area contributed by atoms with E-state index in [0.29, 0.717) is 23.5 Å². The second-order valence-electron chi connectivity index (χ2n) is 8.54. The van der Waals surface area contributed by atoms with E-state index in [2.05, 4.69) is 6.92 Å². The SMILES string of the molecule is CCCOC1CCC(C(=O)Oc2ccc(C=CC(=O)OCCc3cc(N)ccc3N)cc2)CC1. The van der Waals surface area contributed by atoms with Crippen molar-refractivity contribution in [2.24, 2.45) is 5.92 Å². The average Bonchev–Trinajstić information content (AvgIpc) is 2.84. The number of nitrogen functional groups attached to an aromatic ring is 2. The molecular formula is C27H34N2O5. The highest BCUT2D eigenvalue weighted by Gasteiger charge is 2.28. The summed E-state index contributed by atoms with van der Waals surface area (Å²) in [6.45, 7) is 3.08. The number of carbonyl (C=O) groups is 2. The van der Waals surface area contributed by atoms with Crippen LogP contribution in [-0.2, 0) is 25.5 Å². The molecule has 3 rings (SSSR count). The van der Waals surface area contributed by atoms with Crippen molar-refractivity contribution in [3.05, 3.63) is 59.7 Å². The van der Waals surface area contributed by atoms with Gasteiger partial charge >= 0.3 is 11.9 Å². The highest BCUT2D eigenvalue weighted by atomic mass is 16.5. The highest BCUT2D eigenvalue weighted by Crippen LogP contribution is 2.28. The van der Waals surface area contributed by atoms with Crippen molar-refractivity contribution in [2.75, 3.05) is 24.7 Å². The van der Waals surface area contributed by atoms with E-state index >= 15 is 0 Å². The Morgan fingerprint density at radius 2 is 1.74 bits per heavy atom. The molecule has 7 nitrogen and oxygen atoms in total. The van der Waals surface area contributed by atoms with Crippen LogP contribution in [0.3, 0.4) is 0 Å². The molecular weight excluding hydrogens is 432 g/mol. The first kappa shape index (κ1) is 25.3. The van der Waals surface area contributed by atoms with Gasteiger partial charge in [-0.25, -0.2) is 4.79 Å². The molecule has 0 saturated heterocycles. The zero-order valence-electron chi connectivity index (χ0n) is 19.7. The maximum atomic E-state index is 12.5. The van der Waals surface area contributed by atoms with Crippen molar-refractivity contribution in [3.63, 3.8) is 0 Å². The van der Waals surface area contributed by atoms with Crippen molar-refractivity contribution in [1.82, 2.24) is 0 Å². The summed E-state index contributed by atoms with van der Waals surface area (Å²) in [7, 11) is 0. The predicted molar refractivity (Wildman–Crippen MR) is 133 cm³/mol. The monoisotopic (exact) mass is 466 g/mol. The van der Waals surface area contributed by atoms with Crippen LogP contribution in [0.5, 0.6) is 5.75 Å². The Morgan fingerprint density at radius 3 is 2.44 bits per heavy atom. The minimum atomic E-state index is -0.448. The topological polar surface area (TPSA) is 114 Å². The van der Waals surface area contributed by atoms with Gasteiger partial charge in [-0.15, -0.1) is 0 Å². The molecule has 0 amide bonds. The van der Waals surface area contributed by atoms with E-state index in [1.54, 1.807) is 48.5 Å². The summed E-state index contributed by atoms with van der Waals surface area (Å²) in [5.74, 6) is -0.231. The van der Waals surface area contributed by atoms with Crippen LogP contribution < -0.4 is 16.2 Å². The van der Waals surface area contributed by atoms with Gasteiger partial charge < -0.3 is 25.7 Å². The van der Waals surface area contributed by atoms with Gasteiger partial charge in [-0.05, 0) is 79.6 Å². The highest BCUT2D eigenvalue weighted by molar-refractivity contribution is 5.87. The van der Waals surface area contributed by atoms with E-state index in [0.717, 1.165) is 49.8 Å². The van der Waals surface area contributed by atoms with Gasteiger partial charge in [-0.3, -0.25) is 4.79 Å². The smallest absolute Gasteiger partial charge is 0.330 e. The maximum Gasteiger partial charge on any atom is 0.330 e. The Hall–Kier alpha value is -3.32. The summed E-state index contributed by atoms with van der Waals surface area (Å²) in [4.78, 5) is 24.5. The fraction of sp³-hybridized carbons (Fsp3) is 0.407. The summed E-state index contributed by atoms with van der Waals surface area (Å²) >= 11 is 0. The summed E-state index contributed by atoms with van der Waals surface area (Å²) in [5, 5.41) is 0. The maximum absolute atomic E-state index is 12.5. The lowest BCUT2D eigenvalue weighted by molar-refractivity contribution is -0.141. The molecule has 1 aliphatic carbocycles. The number of esters is 2. The summed E-state index contributed by atoms with van der Waals surface area (Å²) in [5.41, 5.74) is 14.5. The van der Waals surface area contributed by atoms with Crippen LogP contribution in [-0.4, -0.2) is 31.3 Å². The standard InChI is InChI=1S/C27H34N2O5/c1-2-16-32-23-11-6-20(7-12-23)27(31)34-24-9-3-19(4-10-24)5-14-26(30)33-17-15-21-18-22(28)8-13-25(21)29/h3-5,8-10,13-14,18,20,23H,2,6-7,11-12,15-17,28-29H2,1H3. The molecule has 1 aliphatic rings. The Balaban J connectivity index is 1.40. The van der Waals surface area contributed by atoms with E-state index in [1.165, 1.54) is 6.08 Å². The fourth-order valence-electron chi connectivity index (χ4n) is 3.91. The summed E-state index contributed by atoms with van der Waals surface area (Å²) < 4.78 is 16.6. The molecule has 0 heterocycles. The molecule has 2 aromatic carbocycles. The fourth-order valence-corrected chi connectivity index (χ4v) is 3.91. The molecule has 0 bridgehead atoms. The van der Waals surface area contributed by atoms with Crippen LogP contribution >= 0.6 is 0 Å². The lowest BCUT2D eigenvalue weighted by Crippen LogP contribution is -2.29. The molecule has 4 N–H and O–H groups in total. The Kier molecular flexibility index (Phi) is 9.52. The molecule has 0 spiro atoms. The van der Waals surface area contributed by atoms with Gasteiger partial charge in [0.1, 0.15) is 5.75 Å². The summed E-state index contributed by atoms with van der Waals surface area (Å²) in [6.07, 6.45) is 8.15. The third kappa shape index (κ3) is 7.92. The van der Waals surface area contributed by atoms with Crippen LogP contribution in [0.15, 0.2) is 48.5 Å². The largest absolute Gasteiger partial charge is 0.462 e. The molecule has 34 heavy (non-hydrogen) atoms. The van der Waals surface area contributed by atoms with Gasteiger partial charge in [-0.2, -0.15) is 0 Å². The number of hydrogen-bond acceptors (Lipinski definition) is 7. The number of ether oxygens (including phenoxy) is 3. The quantitative estimate of drug-likeness (QED) is 0.229. The second kappa shape index (κ2) is 12.8. The van der Waals surface area contributed by atoms with Gasteiger partial charge in [-0.1, -0.05) is 19.1 Å². The number of nitrogens with two attached hydrogens (primary N) is 2. The van der Waals surface area contributed by atoms with Gasteiger partial charge in [0, 0.05) is 30.5 Å². The molecule has 0 unspecified atom stereocenters. The van der Waals surface area contributed by atoms with E-state index in [1.807, 2.05) is 0 Å². The minimum Gasteiger partial charge on any atom is -0.462 e. The molecule has 7 heteroatoms. The Morgan fingerprint density at radius 1 is 1.00 bits per heavy atom. The second-order valence-corrected chi connectivity index (χ2v) is 8.54. The van der Waals surface area contributed by atoms with Crippen molar-refractivity contribution in [3.8, 4) is 5.75 Å². The first-order valence-corrected chi connectivity index (χ1v) is 11.9. The number of rotatable bonds is 10. The molecule has 2 aromatic rings. The third-order valence-corrected chi connectivity index (χ3v) is 5.86. The molecule has 182 valence electrons. The van der Waals surface area contributed by atoms with E-state index in [9.17, 15) is 9.59 Å². The van der Waals surface area contributed by atoms with Crippen LogP contribution in [0.2, 0.25) is 0 Å². The van der Waals surface area contributed by atoms with Crippen molar-refractivity contribution >= 4 is 29.4 Å².